The van der Waals surface area contributed by atoms with Crippen molar-refractivity contribution in [3.05, 3.63) is 58.3 Å². The van der Waals surface area contributed by atoms with Crippen LogP contribution in [0.5, 0.6) is 5.75 Å². The Morgan fingerprint density at radius 3 is 2.57 bits per heavy atom. The molecule has 0 aliphatic carbocycles. The molecule has 1 aromatic heterocycles. The summed E-state index contributed by atoms with van der Waals surface area (Å²) in [6.07, 6.45) is 3.62. The van der Waals surface area contributed by atoms with Crippen LogP contribution in [-0.2, 0) is 6.54 Å². The summed E-state index contributed by atoms with van der Waals surface area (Å²) >= 11 is 3.53. The first-order valence-corrected chi connectivity index (χ1v) is 7.57. The molecule has 5 heteroatoms. The molecule has 1 unspecified atom stereocenters. The van der Waals surface area contributed by atoms with Crippen LogP contribution in [0.15, 0.2) is 47.2 Å². The highest BCUT2D eigenvalue weighted by Crippen LogP contribution is 2.30. The number of rotatable bonds is 6. The van der Waals surface area contributed by atoms with E-state index in [-0.39, 0.29) is 6.04 Å². The molecule has 2 N–H and O–H groups in total. The first-order chi connectivity index (χ1) is 10.2. The van der Waals surface area contributed by atoms with Crippen molar-refractivity contribution in [2.45, 2.75) is 12.6 Å². The first-order valence-electron chi connectivity index (χ1n) is 6.78. The molecular weight excluding hydrogens is 330 g/mol. The van der Waals surface area contributed by atoms with Gasteiger partial charge in [0.1, 0.15) is 5.75 Å². The van der Waals surface area contributed by atoms with Crippen molar-refractivity contribution in [3.63, 3.8) is 0 Å². The number of nitrogens with zero attached hydrogens (tertiary/aromatic N) is 2. The molecule has 4 nitrogen and oxygen atoms in total. The fourth-order valence-corrected chi connectivity index (χ4v) is 2.91. The van der Waals surface area contributed by atoms with Crippen LogP contribution in [0.25, 0.3) is 0 Å². The molecule has 0 radical (unpaired) electrons. The van der Waals surface area contributed by atoms with Crippen LogP contribution in [-0.4, -0.2) is 30.6 Å². The first kappa shape index (κ1) is 15.9. The minimum absolute atomic E-state index is 0.153. The van der Waals surface area contributed by atoms with E-state index in [1.807, 2.05) is 30.6 Å². The number of nitrogens with two attached hydrogens (primary N) is 1. The molecule has 0 saturated carbocycles. The van der Waals surface area contributed by atoms with Gasteiger partial charge in [-0.05, 0) is 58.4 Å². The molecule has 0 aliphatic heterocycles. The fraction of sp³-hybridized carbons (Fsp3) is 0.312. The van der Waals surface area contributed by atoms with Gasteiger partial charge in [-0.15, -0.1) is 0 Å². The maximum Gasteiger partial charge on any atom is 0.133 e. The van der Waals surface area contributed by atoms with Gasteiger partial charge in [-0.1, -0.05) is 6.07 Å². The van der Waals surface area contributed by atoms with E-state index in [1.54, 1.807) is 7.11 Å². The number of hydrogen-bond acceptors (Lipinski definition) is 4. The summed E-state index contributed by atoms with van der Waals surface area (Å²) in [4.78, 5) is 6.28. The quantitative estimate of drug-likeness (QED) is 0.870. The smallest absolute Gasteiger partial charge is 0.133 e. The second kappa shape index (κ2) is 7.54. The molecule has 1 heterocycles. The lowest BCUT2D eigenvalue weighted by Crippen LogP contribution is -2.30. The maximum absolute atomic E-state index is 5.98. The van der Waals surface area contributed by atoms with Crippen molar-refractivity contribution in [1.82, 2.24) is 9.88 Å². The molecule has 1 aromatic carbocycles. The van der Waals surface area contributed by atoms with Crippen LogP contribution in [0.1, 0.15) is 17.2 Å². The minimum Gasteiger partial charge on any atom is -0.496 e. The summed E-state index contributed by atoms with van der Waals surface area (Å²) in [7, 11) is 3.74. The standard InChI is InChI=1S/C16H20BrN3O/c1-20(11-12-5-7-19-8-6-12)15(10-18)13-3-4-16(21-2)14(17)9-13/h3-9,15H,10-11,18H2,1-2H3. The van der Waals surface area contributed by atoms with Crippen molar-refractivity contribution in [1.29, 1.82) is 0 Å². The van der Waals surface area contributed by atoms with Crippen LogP contribution in [0.3, 0.4) is 0 Å². The van der Waals surface area contributed by atoms with E-state index in [4.69, 9.17) is 10.5 Å². The van der Waals surface area contributed by atoms with Crippen molar-refractivity contribution in [2.75, 3.05) is 20.7 Å². The van der Waals surface area contributed by atoms with E-state index in [2.05, 4.69) is 45.0 Å². The van der Waals surface area contributed by atoms with Gasteiger partial charge in [-0.3, -0.25) is 9.88 Å². The van der Waals surface area contributed by atoms with Gasteiger partial charge in [0.15, 0.2) is 0 Å². The summed E-state index contributed by atoms with van der Waals surface area (Å²) in [5, 5.41) is 0. The van der Waals surface area contributed by atoms with Crippen LogP contribution in [0.2, 0.25) is 0 Å². The van der Waals surface area contributed by atoms with Gasteiger partial charge in [0.25, 0.3) is 0 Å². The zero-order chi connectivity index (χ0) is 15.2. The maximum atomic E-state index is 5.98. The van der Waals surface area contributed by atoms with Crippen LogP contribution in [0.4, 0.5) is 0 Å². The predicted molar refractivity (Wildman–Crippen MR) is 88.2 cm³/mol. The Morgan fingerprint density at radius 1 is 1.29 bits per heavy atom. The summed E-state index contributed by atoms with van der Waals surface area (Å²) in [5.41, 5.74) is 8.37. The summed E-state index contributed by atoms with van der Waals surface area (Å²) in [5.74, 6) is 0.825. The Hall–Kier alpha value is -1.43. The normalized spacial score (nSPS) is 12.4. The number of halogens is 1. The SMILES string of the molecule is COc1ccc(C(CN)N(C)Cc2ccncc2)cc1Br. The molecule has 21 heavy (non-hydrogen) atoms. The molecule has 0 fully saturated rings. The highest BCUT2D eigenvalue weighted by Gasteiger charge is 2.17. The number of methoxy groups -OCH3 is 1. The molecule has 0 aliphatic rings. The zero-order valence-corrected chi connectivity index (χ0v) is 13.9. The number of aromatic nitrogens is 1. The van der Waals surface area contributed by atoms with Crippen molar-refractivity contribution >= 4 is 15.9 Å². The lowest BCUT2D eigenvalue weighted by molar-refractivity contribution is 0.241. The monoisotopic (exact) mass is 349 g/mol. The molecule has 1 atom stereocenters. The largest absolute Gasteiger partial charge is 0.496 e. The Bertz CT molecular complexity index is 577. The summed E-state index contributed by atoms with van der Waals surface area (Å²) in [6.45, 7) is 1.38. The van der Waals surface area contributed by atoms with E-state index < -0.39 is 0 Å². The molecule has 112 valence electrons. The molecule has 2 aromatic rings. The number of ether oxygens (including phenoxy) is 1. The van der Waals surface area contributed by atoms with Gasteiger partial charge in [0.2, 0.25) is 0 Å². The van der Waals surface area contributed by atoms with E-state index in [1.165, 1.54) is 11.1 Å². The van der Waals surface area contributed by atoms with E-state index in [0.717, 1.165) is 16.8 Å². The average molecular weight is 350 g/mol. The van der Waals surface area contributed by atoms with Gasteiger partial charge in [-0.2, -0.15) is 0 Å². The predicted octanol–water partition coefficient (Wildman–Crippen LogP) is 2.98. The van der Waals surface area contributed by atoms with Gasteiger partial charge in [0, 0.05) is 31.5 Å². The van der Waals surface area contributed by atoms with Crippen molar-refractivity contribution in [2.24, 2.45) is 5.73 Å². The second-order valence-electron chi connectivity index (χ2n) is 4.92. The third-order valence-corrected chi connectivity index (χ3v) is 4.12. The third-order valence-electron chi connectivity index (χ3n) is 3.50. The van der Waals surface area contributed by atoms with Gasteiger partial charge in [-0.25, -0.2) is 0 Å². The van der Waals surface area contributed by atoms with Crippen LogP contribution >= 0.6 is 15.9 Å². The van der Waals surface area contributed by atoms with Crippen molar-refractivity contribution in [3.8, 4) is 5.75 Å². The Kier molecular flexibility index (Phi) is 5.73. The number of hydrogen-bond donors (Lipinski definition) is 1. The molecular formula is C16H20BrN3O. The fourth-order valence-electron chi connectivity index (χ4n) is 2.35. The van der Waals surface area contributed by atoms with E-state index >= 15 is 0 Å². The molecule has 2 rings (SSSR count). The summed E-state index contributed by atoms with van der Waals surface area (Å²) < 4.78 is 6.21. The summed E-state index contributed by atoms with van der Waals surface area (Å²) in [6, 6.07) is 10.3. The van der Waals surface area contributed by atoms with E-state index in [0.29, 0.717) is 6.54 Å². The van der Waals surface area contributed by atoms with Gasteiger partial charge >= 0.3 is 0 Å². The highest BCUT2D eigenvalue weighted by molar-refractivity contribution is 9.10. The van der Waals surface area contributed by atoms with Gasteiger partial charge < -0.3 is 10.5 Å². The molecule has 0 amide bonds. The lowest BCUT2D eigenvalue weighted by atomic mass is 10.0. The molecule has 0 saturated heterocycles. The lowest BCUT2D eigenvalue weighted by Gasteiger charge is -2.27. The topological polar surface area (TPSA) is 51.4 Å². The highest BCUT2D eigenvalue weighted by atomic mass is 79.9. The average Bonchev–Trinajstić information content (AvgIpc) is 2.49. The van der Waals surface area contributed by atoms with Crippen LogP contribution < -0.4 is 10.5 Å². The zero-order valence-electron chi connectivity index (χ0n) is 12.3. The Morgan fingerprint density at radius 2 is 2.00 bits per heavy atom. The molecule has 0 spiro atoms. The Balaban J connectivity index is 2.16. The number of pyridine rings is 1. The second-order valence-corrected chi connectivity index (χ2v) is 5.77. The number of likely N-dealkylation sites (N-methyl/N-ethyl adjacent to an activating group) is 1. The molecule has 0 bridgehead atoms. The van der Waals surface area contributed by atoms with Crippen molar-refractivity contribution < 1.29 is 4.74 Å². The van der Waals surface area contributed by atoms with E-state index in [9.17, 15) is 0 Å². The van der Waals surface area contributed by atoms with Gasteiger partial charge in [0.05, 0.1) is 11.6 Å². The number of benzene rings is 1. The Labute approximate surface area is 134 Å². The third kappa shape index (κ3) is 4.03. The minimum atomic E-state index is 0.153. The van der Waals surface area contributed by atoms with Crippen LogP contribution in [0, 0.1) is 0 Å².